The van der Waals surface area contributed by atoms with E-state index in [9.17, 15) is 18.0 Å². The van der Waals surface area contributed by atoms with Crippen LogP contribution < -0.4 is 10.0 Å². The first-order chi connectivity index (χ1) is 10.8. The molecule has 23 heavy (non-hydrogen) atoms. The lowest BCUT2D eigenvalue weighted by atomic mass is 10.2. The van der Waals surface area contributed by atoms with Crippen LogP contribution in [0.25, 0.3) is 0 Å². The summed E-state index contributed by atoms with van der Waals surface area (Å²) in [5, 5.41) is 2.48. The molecule has 0 spiro atoms. The molecule has 2 aromatic carbocycles. The van der Waals surface area contributed by atoms with E-state index < -0.39 is 10.0 Å². The first-order valence-electron chi connectivity index (χ1n) is 6.79. The van der Waals surface area contributed by atoms with Crippen molar-refractivity contribution in [3.63, 3.8) is 0 Å². The summed E-state index contributed by atoms with van der Waals surface area (Å²) in [5.41, 5.74) is 1.07. The minimum absolute atomic E-state index is 0.000535. The van der Waals surface area contributed by atoms with Gasteiger partial charge in [0.15, 0.2) is 5.78 Å². The summed E-state index contributed by atoms with van der Waals surface area (Å²) in [5.74, 6) is -0.467. The van der Waals surface area contributed by atoms with Crippen LogP contribution >= 0.6 is 0 Å². The van der Waals surface area contributed by atoms with E-state index in [-0.39, 0.29) is 16.6 Å². The molecule has 2 N–H and O–H groups in total. The molecular weight excluding hydrogens is 316 g/mol. The summed E-state index contributed by atoms with van der Waals surface area (Å²) in [7, 11) is -2.30. The van der Waals surface area contributed by atoms with Gasteiger partial charge in [0.25, 0.3) is 15.9 Å². The molecule has 7 heteroatoms. The average Bonchev–Trinajstić information content (AvgIpc) is 2.54. The van der Waals surface area contributed by atoms with E-state index in [4.69, 9.17) is 0 Å². The second kappa shape index (κ2) is 6.62. The highest BCUT2D eigenvalue weighted by molar-refractivity contribution is 7.92. The van der Waals surface area contributed by atoms with Gasteiger partial charge in [-0.05, 0) is 43.3 Å². The topological polar surface area (TPSA) is 92.3 Å². The first kappa shape index (κ1) is 16.7. The second-order valence-electron chi connectivity index (χ2n) is 4.85. The molecule has 1 amide bonds. The molecule has 6 nitrogen and oxygen atoms in total. The molecular formula is C16H16N2O4S. The van der Waals surface area contributed by atoms with E-state index in [1.165, 1.54) is 56.4 Å². The number of Topliss-reactive ketones (excluding diaryl/α,β-unsaturated/α-hetero) is 1. The highest BCUT2D eigenvalue weighted by atomic mass is 32.2. The van der Waals surface area contributed by atoms with Gasteiger partial charge >= 0.3 is 0 Å². The van der Waals surface area contributed by atoms with Crippen molar-refractivity contribution in [3.05, 3.63) is 59.7 Å². The fraction of sp³-hybridized carbons (Fsp3) is 0.125. The molecule has 2 rings (SSSR count). The Morgan fingerprint density at radius 3 is 2.17 bits per heavy atom. The van der Waals surface area contributed by atoms with Crippen molar-refractivity contribution in [1.29, 1.82) is 0 Å². The quantitative estimate of drug-likeness (QED) is 0.820. The fourth-order valence-electron chi connectivity index (χ4n) is 1.93. The van der Waals surface area contributed by atoms with Crippen molar-refractivity contribution in [2.75, 3.05) is 11.8 Å². The maximum atomic E-state index is 12.3. The molecule has 2 aromatic rings. The Morgan fingerprint density at radius 1 is 0.957 bits per heavy atom. The molecule has 0 heterocycles. The minimum Gasteiger partial charge on any atom is -0.355 e. The van der Waals surface area contributed by atoms with Crippen LogP contribution in [0.4, 0.5) is 5.69 Å². The Bertz CT molecular complexity index is 843. The first-order valence-corrected chi connectivity index (χ1v) is 8.28. The van der Waals surface area contributed by atoms with Crippen molar-refractivity contribution in [2.45, 2.75) is 11.8 Å². The van der Waals surface area contributed by atoms with Crippen LogP contribution in [-0.2, 0) is 10.0 Å². The van der Waals surface area contributed by atoms with E-state index in [1.807, 2.05) is 0 Å². The fourth-order valence-corrected chi connectivity index (χ4v) is 3.03. The van der Waals surface area contributed by atoms with Crippen molar-refractivity contribution >= 4 is 27.4 Å². The molecule has 0 unspecified atom stereocenters. The predicted molar refractivity (Wildman–Crippen MR) is 87.1 cm³/mol. The number of carbonyl (C=O) groups excluding carboxylic acids is 2. The van der Waals surface area contributed by atoms with Crippen LogP contribution in [0.1, 0.15) is 27.6 Å². The van der Waals surface area contributed by atoms with Crippen molar-refractivity contribution in [1.82, 2.24) is 5.32 Å². The zero-order valence-corrected chi connectivity index (χ0v) is 13.5. The van der Waals surface area contributed by atoms with Gasteiger partial charge in [-0.15, -0.1) is 0 Å². The number of ketones is 1. The van der Waals surface area contributed by atoms with Crippen LogP contribution in [-0.4, -0.2) is 27.2 Å². The summed E-state index contributed by atoms with van der Waals surface area (Å²) in [6.07, 6.45) is 0. The minimum atomic E-state index is -3.81. The van der Waals surface area contributed by atoms with Gasteiger partial charge in [0.05, 0.1) is 4.90 Å². The summed E-state index contributed by atoms with van der Waals surface area (Å²) in [4.78, 5) is 22.8. The number of sulfonamides is 1. The number of anilines is 1. The zero-order valence-electron chi connectivity index (χ0n) is 12.7. The summed E-state index contributed by atoms with van der Waals surface area (Å²) in [6, 6.07) is 11.8. The predicted octanol–water partition coefficient (Wildman–Crippen LogP) is 2.05. The van der Waals surface area contributed by atoms with Crippen LogP contribution in [0.2, 0.25) is 0 Å². The largest absolute Gasteiger partial charge is 0.355 e. The van der Waals surface area contributed by atoms with Gasteiger partial charge in [-0.1, -0.05) is 12.1 Å². The molecule has 0 aliphatic heterocycles. The third kappa shape index (κ3) is 3.95. The summed E-state index contributed by atoms with van der Waals surface area (Å²) >= 11 is 0. The van der Waals surface area contributed by atoms with Crippen molar-refractivity contribution < 1.29 is 18.0 Å². The number of carbonyl (C=O) groups is 2. The average molecular weight is 332 g/mol. The Labute approximate surface area is 134 Å². The zero-order chi connectivity index (χ0) is 17.0. The van der Waals surface area contributed by atoms with E-state index >= 15 is 0 Å². The van der Waals surface area contributed by atoms with E-state index in [1.54, 1.807) is 6.07 Å². The van der Waals surface area contributed by atoms with Crippen LogP contribution in [0.3, 0.4) is 0 Å². The van der Waals surface area contributed by atoms with Gasteiger partial charge in [0, 0.05) is 23.9 Å². The van der Waals surface area contributed by atoms with Crippen LogP contribution in [0, 0.1) is 0 Å². The van der Waals surface area contributed by atoms with E-state index in [2.05, 4.69) is 10.0 Å². The number of amides is 1. The third-order valence-corrected chi connectivity index (χ3v) is 4.56. The number of rotatable bonds is 5. The van der Waals surface area contributed by atoms with Crippen LogP contribution in [0.5, 0.6) is 0 Å². The maximum absolute atomic E-state index is 12.3. The highest BCUT2D eigenvalue weighted by Gasteiger charge is 2.15. The second-order valence-corrected chi connectivity index (χ2v) is 6.53. The lowest BCUT2D eigenvalue weighted by Crippen LogP contribution is -2.18. The standard InChI is InChI=1S/C16H16N2O4S/c1-11(19)13-4-3-5-15(10-13)23(21,22)18-14-8-6-12(7-9-14)16(20)17-2/h3-10,18H,1-2H3,(H,17,20). The number of hydrogen-bond donors (Lipinski definition) is 2. The van der Waals surface area contributed by atoms with Crippen molar-refractivity contribution in [2.24, 2.45) is 0 Å². The normalized spacial score (nSPS) is 10.9. The number of nitrogens with one attached hydrogen (secondary N) is 2. The summed E-state index contributed by atoms with van der Waals surface area (Å²) < 4.78 is 27.1. The highest BCUT2D eigenvalue weighted by Crippen LogP contribution is 2.18. The molecule has 0 aromatic heterocycles. The molecule has 0 bridgehead atoms. The monoisotopic (exact) mass is 332 g/mol. The van der Waals surface area contributed by atoms with Crippen molar-refractivity contribution in [3.8, 4) is 0 Å². The summed E-state index contributed by atoms with van der Waals surface area (Å²) in [6.45, 7) is 1.37. The van der Waals surface area contributed by atoms with Gasteiger partial charge in [0.1, 0.15) is 0 Å². The maximum Gasteiger partial charge on any atom is 0.261 e. The van der Waals surface area contributed by atoms with Gasteiger partial charge in [-0.3, -0.25) is 14.3 Å². The molecule has 0 aliphatic rings. The van der Waals surface area contributed by atoms with Gasteiger partial charge in [-0.25, -0.2) is 8.42 Å². The SMILES string of the molecule is CNC(=O)c1ccc(NS(=O)(=O)c2cccc(C(C)=O)c2)cc1. The Balaban J connectivity index is 2.26. The number of hydrogen-bond acceptors (Lipinski definition) is 4. The van der Waals surface area contributed by atoms with E-state index in [0.29, 0.717) is 16.8 Å². The lowest BCUT2D eigenvalue weighted by Gasteiger charge is -2.09. The number of benzene rings is 2. The Hall–Kier alpha value is -2.67. The smallest absolute Gasteiger partial charge is 0.261 e. The van der Waals surface area contributed by atoms with Gasteiger partial charge in [-0.2, -0.15) is 0 Å². The molecule has 0 saturated heterocycles. The Morgan fingerprint density at radius 2 is 1.61 bits per heavy atom. The van der Waals surface area contributed by atoms with Gasteiger partial charge < -0.3 is 5.32 Å². The molecule has 0 atom stereocenters. The molecule has 120 valence electrons. The van der Waals surface area contributed by atoms with E-state index in [0.717, 1.165) is 0 Å². The Kier molecular flexibility index (Phi) is 4.80. The lowest BCUT2D eigenvalue weighted by molar-refractivity contribution is 0.0962. The molecule has 0 aliphatic carbocycles. The molecule has 0 fully saturated rings. The van der Waals surface area contributed by atoms with Gasteiger partial charge in [0.2, 0.25) is 0 Å². The molecule has 0 saturated carbocycles. The molecule has 0 radical (unpaired) electrons. The third-order valence-electron chi connectivity index (χ3n) is 3.18. The van der Waals surface area contributed by atoms with Crippen LogP contribution in [0.15, 0.2) is 53.4 Å².